The molecule has 5 rings (SSSR count). The van der Waals surface area contributed by atoms with E-state index in [1.807, 2.05) is 30.3 Å². The van der Waals surface area contributed by atoms with Crippen molar-refractivity contribution in [2.24, 2.45) is 0 Å². The molecular weight excluding hydrogens is 560 g/mol. The van der Waals surface area contributed by atoms with E-state index in [0.717, 1.165) is 11.8 Å². The lowest BCUT2D eigenvalue weighted by atomic mass is 10.2. The molecule has 0 aliphatic rings. The summed E-state index contributed by atoms with van der Waals surface area (Å²) in [7, 11) is -3.93. The molecule has 0 fully saturated rings. The van der Waals surface area contributed by atoms with Crippen molar-refractivity contribution in [2.75, 3.05) is 10.0 Å². The molecule has 1 amide bonds. The summed E-state index contributed by atoms with van der Waals surface area (Å²) in [4.78, 5) is 39.4. The third kappa shape index (κ3) is 6.28. The molecule has 0 radical (unpaired) electrons. The Labute approximate surface area is 241 Å². The van der Waals surface area contributed by atoms with Crippen molar-refractivity contribution in [3.63, 3.8) is 0 Å². The van der Waals surface area contributed by atoms with E-state index in [1.165, 1.54) is 28.8 Å². The second kappa shape index (κ2) is 11.5. The van der Waals surface area contributed by atoms with Gasteiger partial charge < -0.3 is 5.32 Å². The predicted molar refractivity (Wildman–Crippen MR) is 160 cm³/mol. The molecule has 10 nitrogen and oxygen atoms in total. The summed E-state index contributed by atoms with van der Waals surface area (Å²) in [6.45, 7) is 5.21. The van der Waals surface area contributed by atoms with Gasteiger partial charge in [0.25, 0.3) is 15.6 Å². The van der Waals surface area contributed by atoms with Crippen molar-refractivity contribution < 1.29 is 13.2 Å². The summed E-state index contributed by atoms with van der Waals surface area (Å²) < 4.78 is 29.5. The highest BCUT2D eigenvalue weighted by molar-refractivity contribution is 8.00. The number of fused-ring (bicyclic) bond motifs is 1. The number of thioether (sulfide) groups is 1. The molecule has 2 N–H and O–H groups in total. The number of nitrogens with zero attached hydrogens (tertiary/aromatic N) is 4. The van der Waals surface area contributed by atoms with E-state index in [-0.39, 0.29) is 22.3 Å². The average molecular weight is 587 g/mol. The van der Waals surface area contributed by atoms with Crippen LogP contribution in [0.1, 0.15) is 18.3 Å². The van der Waals surface area contributed by atoms with Gasteiger partial charge in [0.15, 0.2) is 5.16 Å². The Balaban J connectivity index is 1.34. The van der Waals surface area contributed by atoms with Crippen molar-refractivity contribution in [3.8, 4) is 5.69 Å². The Kier molecular flexibility index (Phi) is 7.86. The number of carbonyl (C=O) groups is 1. The first-order chi connectivity index (χ1) is 19.6. The summed E-state index contributed by atoms with van der Waals surface area (Å²) in [6.07, 6.45) is 0. The Hall–Kier alpha value is -4.55. The van der Waals surface area contributed by atoms with E-state index < -0.39 is 15.3 Å². The van der Waals surface area contributed by atoms with Crippen LogP contribution in [0.15, 0.2) is 99.8 Å². The zero-order valence-electron chi connectivity index (χ0n) is 22.4. The minimum Gasteiger partial charge on any atom is -0.325 e. The van der Waals surface area contributed by atoms with Crippen LogP contribution in [0.3, 0.4) is 0 Å². The predicted octanol–water partition coefficient (Wildman–Crippen LogP) is 4.71. The molecule has 5 aromatic rings. The molecule has 0 aliphatic heterocycles. The van der Waals surface area contributed by atoms with Crippen LogP contribution in [0.2, 0.25) is 0 Å². The first-order valence-corrected chi connectivity index (χ1v) is 15.0. The summed E-state index contributed by atoms with van der Waals surface area (Å²) in [6, 6.07) is 23.7. The molecule has 1 atom stereocenters. The van der Waals surface area contributed by atoms with E-state index in [0.29, 0.717) is 38.8 Å². The Bertz CT molecular complexity index is 1890. The maximum atomic E-state index is 13.4. The van der Waals surface area contributed by atoms with Gasteiger partial charge in [-0.2, -0.15) is 0 Å². The standard InChI is InChI=1S/C29H26N6O4S2/c1-18-17-19(2)31-28(30-18)34-41(38,39)23-15-13-21(14-16-23)32-26(36)20(3)40-29-33-25-12-8-7-11-24(25)27(37)35(29)22-9-5-4-6-10-22/h4-17,20H,1-3H3,(H,32,36)(H,30,31,34). The molecule has 0 saturated heterocycles. The minimum absolute atomic E-state index is 0.00655. The average Bonchev–Trinajstić information content (AvgIpc) is 2.93. The van der Waals surface area contributed by atoms with Gasteiger partial charge in [-0.1, -0.05) is 42.1 Å². The lowest BCUT2D eigenvalue weighted by Gasteiger charge is -2.16. The van der Waals surface area contributed by atoms with Crippen LogP contribution in [0, 0.1) is 13.8 Å². The van der Waals surface area contributed by atoms with Crippen molar-refractivity contribution in [1.29, 1.82) is 0 Å². The zero-order chi connectivity index (χ0) is 29.1. The number of aromatic nitrogens is 4. The first kappa shape index (κ1) is 28.0. The first-order valence-electron chi connectivity index (χ1n) is 12.6. The van der Waals surface area contributed by atoms with Crippen LogP contribution in [0.5, 0.6) is 0 Å². The van der Waals surface area contributed by atoms with Gasteiger partial charge in [-0.25, -0.2) is 28.1 Å². The molecular formula is C29H26N6O4S2. The molecule has 2 aromatic heterocycles. The summed E-state index contributed by atoms with van der Waals surface area (Å²) in [5.74, 6) is -0.351. The topological polar surface area (TPSA) is 136 Å². The Morgan fingerprint density at radius 1 is 0.878 bits per heavy atom. The highest BCUT2D eigenvalue weighted by atomic mass is 32.2. The number of para-hydroxylation sites is 2. The maximum absolute atomic E-state index is 13.4. The van der Waals surface area contributed by atoms with E-state index in [2.05, 4.69) is 25.0 Å². The van der Waals surface area contributed by atoms with Crippen LogP contribution in [0.25, 0.3) is 16.6 Å². The smallest absolute Gasteiger partial charge is 0.266 e. The molecule has 12 heteroatoms. The largest absolute Gasteiger partial charge is 0.325 e. The summed E-state index contributed by atoms with van der Waals surface area (Å²) >= 11 is 1.15. The van der Waals surface area contributed by atoms with Crippen molar-refractivity contribution in [2.45, 2.75) is 36.1 Å². The van der Waals surface area contributed by atoms with Crippen molar-refractivity contribution >= 4 is 50.2 Å². The highest BCUT2D eigenvalue weighted by Crippen LogP contribution is 2.26. The summed E-state index contributed by atoms with van der Waals surface area (Å²) in [5.41, 5.74) is 2.64. The number of amides is 1. The number of carbonyl (C=O) groups excluding carboxylic acids is 1. The van der Waals surface area contributed by atoms with Crippen molar-refractivity contribution in [3.05, 3.63) is 107 Å². The number of sulfonamides is 1. The number of benzene rings is 3. The van der Waals surface area contributed by atoms with E-state index in [9.17, 15) is 18.0 Å². The molecule has 41 heavy (non-hydrogen) atoms. The Morgan fingerprint density at radius 3 is 2.20 bits per heavy atom. The third-order valence-electron chi connectivity index (χ3n) is 6.05. The molecule has 3 aromatic carbocycles. The fourth-order valence-corrected chi connectivity index (χ4v) is 5.99. The van der Waals surface area contributed by atoms with Crippen LogP contribution >= 0.6 is 11.8 Å². The van der Waals surface area contributed by atoms with Crippen LogP contribution in [-0.2, 0) is 14.8 Å². The monoisotopic (exact) mass is 586 g/mol. The lowest BCUT2D eigenvalue weighted by molar-refractivity contribution is -0.115. The normalized spacial score (nSPS) is 12.2. The van der Waals surface area contributed by atoms with Gasteiger partial charge in [-0.15, -0.1) is 0 Å². The zero-order valence-corrected chi connectivity index (χ0v) is 24.0. The molecule has 0 saturated carbocycles. The van der Waals surface area contributed by atoms with Gasteiger partial charge in [-0.05, 0) is 75.4 Å². The van der Waals surface area contributed by atoms with Crippen LogP contribution in [0.4, 0.5) is 11.6 Å². The Morgan fingerprint density at radius 2 is 1.51 bits per heavy atom. The van der Waals surface area contributed by atoms with Crippen molar-refractivity contribution in [1.82, 2.24) is 19.5 Å². The number of nitrogens with one attached hydrogen (secondary N) is 2. The SMILES string of the molecule is Cc1cc(C)nc(NS(=O)(=O)c2ccc(NC(=O)C(C)Sc3nc4ccccc4c(=O)n3-c3ccccc3)cc2)n1. The van der Waals surface area contributed by atoms with Gasteiger partial charge >= 0.3 is 0 Å². The molecule has 2 heterocycles. The minimum atomic E-state index is -3.93. The van der Waals surface area contributed by atoms with E-state index in [4.69, 9.17) is 0 Å². The number of aryl methyl sites for hydroxylation is 2. The fourth-order valence-electron chi connectivity index (χ4n) is 4.12. The summed E-state index contributed by atoms with van der Waals surface area (Å²) in [5, 5.41) is 3.02. The van der Waals surface area contributed by atoms with E-state index in [1.54, 1.807) is 51.1 Å². The van der Waals surface area contributed by atoms with Gasteiger partial charge in [0.1, 0.15) is 0 Å². The van der Waals surface area contributed by atoms with Gasteiger partial charge in [-0.3, -0.25) is 14.2 Å². The second-order valence-corrected chi connectivity index (χ2v) is 12.2. The number of anilines is 2. The number of hydrogen-bond acceptors (Lipinski definition) is 8. The molecule has 1 unspecified atom stereocenters. The third-order valence-corrected chi connectivity index (χ3v) is 8.45. The molecule has 0 aliphatic carbocycles. The highest BCUT2D eigenvalue weighted by Gasteiger charge is 2.21. The molecule has 0 bridgehead atoms. The van der Waals surface area contributed by atoms with Gasteiger partial charge in [0.05, 0.1) is 26.7 Å². The van der Waals surface area contributed by atoms with Gasteiger partial charge in [0, 0.05) is 17.1 Å². The number of hydrogen-bond donors (Lipinski definition) is 2. The van der Waals surface area contributed by atoms with E-state index >= 15 is 0 Å². The second-order valence-electron chi connectivity index (χ2n) is 9.24. The lowest BCUT2D eigenvalue weighted by Crippen LogP contribution is -2.26. The van der Waals surface area contributed by atoms with Crippen LogP contribution in [-0.4, -0.2) is 39.1 Å². The van der Waals surface area contributed by atoms with Gasteiger partial charge in [0.2, 0.25) is 11.9 Å². The number of rotatable bonds is 8. The van der Waals surface area contributed by atoms with Crippen LogP contribution < -0.4 is 15.6 Å². The maximum Gasteiger partial charge on any atom is 0.266 e. The fraction of sp³-hybridized carbons (Fsp3) is 0.138. The quantitative estimate of drug-likeness (QED) is 0.197. The molecule has 208 valence electrons. The molecule has 0 spiro atoms.